The molecule has 1 fully saturated rings. The molecule has 0 aromatic heterocycles. The van der Waals surface area contributed by atoms with Gasteiger partial charge in [-0.3, -0.25) is 0 Å². The average Bonchev–Trinajstić information content (AvgIpc) is 2.78. The van der Waals surface area contributed by atoms with Crippen LogP contribution in [0.5, 0.6) is 0 Å². The number of halogens is 2. The van der Waals surface area contributed by atoms with Crippen molar-refractivity contribution in [2.45, 2.75) is 45.6 Å². The Balaban J connectivity index is 2.11. The molecule has 1 aliphatic carbocycles. The molecule has 0 bridgehead atoms. The molecule has 0 heterocycles. The van der Waals surface area contributed by atoms with Crippen LogP contribution in [0.15, 0.2) is 22.7 Å². The first-order valence-electron chi connectivity index (χ1n) is 7.29. The minimum absolute atomic E-state index is 0.0945. The van der Waals surface area contributed by atoms with Crippen LogP contribution in [0.4, 0.5) is 4.39 Å². The van der Waals surface area contributed by atoms with Gasteiger partial charge < -0.3 is 5.32 Å². The van der Waals surface area contributed by atoms with Crippen molar-refractivity contribution in [1.82, 2.24) is 5.32 Å². The fraction of sp³-hybridized carbons (Fsp3) is 0.625. The lowest BCUT2D eigenvalue weighted by Gasteiger charge is -2.28. The standard InChI is InChI=1S/C16H23BrFN/c1-3-19-16(14-6-4-5-11(14)2)9-12-7-8-13(17)10-15(12)18/h7-8,10-11,14,16,19H,3-6,9H2,1-2H3. The molecule has 1 nitrogen and oxygen atoms in total. The van der Waals surface area contributed by atoms with E-state index in [1.807, 2.05) is 12.1 Å². The molecule has 0 saturated heterocycles. The van der Waals surface area contributed by atoms with Gasteiger partial charge in [-0.1, -0.05) is 48.7 Å². The highest BCUT2D eigenvalue weighted by Crippen LogP contribution is 2.35. The zero-order valence-electron chi connectivity index (χ0n) is 11.8. The molecule has 0 amide bonds. The molecule has 0 radical (unpaired) electrons. The van der Waals surface area contributed by atoms with Crippen molar-refractivity contribution in [2.75, 3.05) is 6.54 Å². The minimum atomic E-state index is -0.0945. The summed E-state index contributed by atoms with van der Waals surface area (Å²) in [6.07, 6.45) is 4.70. The number of benzene rings is 1. The Morgan fingerprint density at radius 1 is 1.42 bits per heavy atom. The van der Waals surface area contributed by atoms with Gasteiger partial charge in [0.15, 0.2) is 0 Å². The van der Waals surface area contributed by atoms with E-state index in [4.69, 9.17) is 0 Å². The Hall–Kier alpha value is -0.410. The van der Waals surface area contributed by atoms with Crippen molar-refractivity contribution >= 4 is 15.9 Å². The number of nitrogens with one attached hydrogen (secondary N) is 1. The predicted octanol–water partition coefficient (Wildman–Crippen LogP) is 4.55. The highest BCUT2D eigenvalue weighted by Gasteiger charge is 2.30. The molecular weight excluding hydrogens is 305 g/mol. The van der Waals surface area contributed by atoms with Crippen LogP contribution in [0.2, 0.25) is 0 Å². The topological polar surface area (TPSA) is 12.0 Å². The fourth-order valence-electron chi connectivity index (χ4n) is 3.33. The summed E-state index contributed by atoms with van der Waals surface area (Å²) < 4.78 is 14.8. The van der Waals surface area contributed by atoms with Crippen molar-refractivity contribution in [2.24, 2.45) is 11.8 Å². The maximum atomic E-state index is 14.0. The molecule has 19 heavy (non-hydrogen) atoms. The molecule has 3 atom stereocenters. The summed E-state index contributed by atoms with van der Waals surface area (Å²) in [5.74, 6) is 1.34. The fourth-order valence-corrected chi connectivity index (χ4v) is 3.67. The van der Waals surface area contributed by atoms with Gasteiger partial charge in [0.25, 0.3) is 0 Å². The average molecular weight is 328 g/mol. The summed E-state index contributed by atoms with van der Waals surface area (Å²) in [4.78, 5) is 0. The summed E-state index contributed by atoms with van der Waals surface area (Å²) >= 11 is 3.31. The SMILES string of the molecule is CCNC(Cc1ccc(Br)cc1F)C1CCCC1C. The first kappa shape index (κ1) is 15.0. The highest BCUT2D eigenvalue weighted by molar-refractivity contribution is 9.10. The third-order valence-corrected chi connectivity index (χ3v) is 4.86. The molecule has 1 aromatic rings. The van der Waals surface area contributed by atoms with E-state index in [1.54, 1.807) is 6.07 Å². The Labute approximate surface area is 124 Å². The maximum absolute atomic E-state index is 14.0. The van der Waals surface area contributed by atoms with Crippen molar-refractivity contribution in [3.8, 4) is 0 Å². The number of rotatable bonds is 5. The smallest absolute Gasteiger partial charge is 0.127 e. The van der Waals surface area contributed by atoms with E-state index in [1.165, 1.54) is 19.3 Å². The van der Waals surface area contributed by atoms with Crippen LogP contribution in [0, 0.1) is 17.7 Å². The Morgan fingerprint density at radius 2 is 2.21 bits per heavy atom. The predicted molar refractivity (Wildman–Crippen MR) is 81.8 cm³/mol. The van der Waals surface area contributed by atoms with Gasteiger partial charge in [0, 0.05) is 10.5 Å². The van der Waals surface area contributed by atoms with Gasteiger partial charge in [0.2, 0.25) is 0 Å². The van der Waals surface area contributed by atoms with Crippen molar-refractivity contribution < 1.29 is 4.39 Å². The van der Waals surface area contributed by atoms with E-state index in [-0.39, 0.29) is 5.82 Å². The number of hydrogen-bond donors (Lipinski definition) is 1. The first-order chi connectivity index (χ1) is 9.11. The van der Waals surface area contributed by atoms with E-state index in [0.717, 1.165) is 28.9 Å². The van der Waals surface area contributed by atoms with Crippen LogP contribution >= 0.6 is 15.9 Å². The third kappa shape index (κ3) is 3.79. The second-order valence-electron chi connectivity index (χ2n) is 5.68. The van der Waals surface area contributed by atoms with Crippen LogP contribution in [0.3, 0.4) is 0 Å². The molecule has 1 N–H and O–H groups in total. The third-order valence-electron chi connectivity index (χ3n) is 4.37. The molecule has 3 heteroatoms. The van der Waals surface area contributed by atoms with Gasteiger partial charge in [-0.05, 0) is 48.9 Å². The molecule has 1 aromatic carbocycles. The van der Waals surface area contributed by atoms with E-state index in [9.17, 15) is 4.39 Å². The largest absolute Gasteiger partial charge is 0.314 e. The Bertz CT molecular complexity index is 421. The molecule has 1 saturated carbocycles. The lowest BCUT2D eigenvalue weighted by atomic mass is 9.86. The Morgan fingerprint density at radius 3 is 2.79 bits per heavy atom. The molecule has 0 aliphatic heterocycles. The van der Waals surface area contributed by atoms with E-state index in [2.05, 4.69) is 35.1 Å². The minimum Gasteiger partial charge on any atom is -0.314 e. The Kier molecular flexibility index (Phi) is 5.40. The first-order valence-corrected chi connectivity index (χ1v) is 8.08. The van der Waals surface area contributed by atoms with Crippen LogP contribution in [-0.4, -0.2) is 12.6 Å². The lowest BCUT2D eigenvalue weighted by Crippen LogP contribution is -2.39. The zero-order valence-corrected chi connectivity index (χ0v) is 13.3. The lowest BCUT2D eigenvalue weighted by molar-refractivity contribution is 0.296. The zero-order chi connectivity index (χ0) is 13.8. The van der Waals surface area contributed by atoms with Gasteiger partial charge in [-0.2, -0.15) is 0 Å². The quantitative estimate of drug-likeness (QED) is 0.836. The van der Waals surface area contributed by atoms with E-state index >= 15 is 0 Å². The normalized spacial score (nSPS) is 24.6. The van der Waals surface area contributed by atoms with Crippen molar-refractivity contribution in [3.05, 3.63) is 34.1 Å². The van der Waals surface area contributed by atoms with Gasteiger partial charge >= 0.3 is 0 Å². The summed E-state index contributed by atoms with van der Waals surface area (Å²) in [6, 6.07) is 5.80. The molecule has 106 valence electrons. The maximum Gasteiger partial charge on any atom is 0.127 e. The van der Waals surface area contributed by atoms with Gasteiger partial charge in [0.1, 0.15) is 5.82 Å². The van der Waals surface area contributed by atoms with E-state index in [0.29, 0.717) is 12.0 Å². The van der Waals surface area contributed by atoms with Crippen LogP contribution in [0.1, 0.15) is 38.7 Å². The van der Waals surface area contributed by atoms with Crippen LogP contribution in [-0.2, 0) is 6.42 Å². The van der Waals surface area contributed by atoms with Gasteiger partial charge in [-0.25, -0.2) is 4.39 Å². The second-order valence-corrected chi connectivity index (χ2v) is 6.59. The summed E-state index contributed by atoms with van der Waals surface area (Å²) in [5.41, 5.74) is 0.827. The van der Waals surface area contributed by atoms with Gasteiger partial charge in [-0.15, -0.1) is 0 Å². The molecule has 2 rings (SSSR count). The summed E-state index contributed by atoms with van der Waals surface area (Å²) in [6.45, 7) is 5.41. The van der Waals surface area contributed by atoms with Crippen molar-refractivity contribution in [1.29, 1.82) is 0 Å². The number of hydrogen-bond acceptors (Lipinski definition) is 1. The monoisotopic (exact) mass is 327 g/mol. The molecule has 1 aliphatic rings. The molecular formula is C16H23BrFN. The summed E-state index contributed by atoms with van der Waals surface area (Å²) in [7, 11) is 0. The molecule has 3 unspecified atom stereocenters. The highest BCUT2D eigenvalue weighted by atomic mass is 79.9. The van der Waals surface area contributed by atoms with E-state index < -0.39 is 0 Å². The number of likely N-dealkylation sites (N-methyl/N-ethyl adjacent to an activating group) is 1. The second kappa shape index (κ2) is 6.85. The molecule has 0 spiro atoms. The van der Waals surface area contributed by atoms with Crippen molar-refractivity contribution in [3.63, 3.8) is 0 Å². The summed E-state index contributed by atoms with van der Waals surface area (Å²) in [5, 5.41) is 3.57. The van der Waals surface area contributed by atoms with Crippen LogP contribution in [0.25, 0.3) is 0 Å². The van der Waals surface area contributed by atoms with Crippen LogP contribution < -0.4 is 5.32 Å². The van der Waals surface area contributed by atoms with Gasteiger partial charge in [0.05, 0.1) is 0 Å².